The molecule has 2 aromatic carbocycles. The highest BCUT2D eigenvalue weighted by Gasteiger charge is 2.13. The maximum atomic E-state index is 11.6. The van der Waals surface area contributed by atoms with Gasteiger partial charge in [0, 0.05) is 4.47 Å². The lowest BCUT2D eigenvalue weighted by molar-refractivity contribution is 0.0602. The number of hydrogen-bond acceptors (Lipinski definition) is 4. The third-order valence-corrected chi connectivity index (χ3v) is 3.56. The summed E-state index contributed by atoms with van der Waals surface area (Å²) in [6.45, 7) is 2.01. The lowest BCUT2D eigenvalue weighted by Gasteiger charge is -2.13. The predicted octanol–water partition coefficient (Wildman–Crippen LogP) is 3.87. The maximum Gasteiger partial charge on any atom is 0.340 e. The first kappa shape index (κ1) is 14.4. The molecular formula is C15H15BrN2O2. The molecule has 20 heavy (non-hydrogen) atoms. The molecule has 2 aromatic rings. The van der Waals surface area contributed by atoms with Crippen LogP contribution >= 0.6 is 15.9 Å². The molecule has 0 saturated carbocycles. The fourth-order valence-electron chi connectivity index (χ4n) is 1.83. The Bertz CT molecular complexity index is 656. The number of esters is 1. The van der Waals surface area contributed by atoms with Crippen LogP contribution in [0.5, 0.6) is 0 Å². The number of anilines is 3. The molecule has 0 bridgehead atoms. The van der Waals surface area contributed by atoms with Crippen LogP contribution in [0.15, 0.2) is 40.9 Å². The first-order valence-electron chi connectivity index (χ1n) is 6.03. The van der Waals surface area contributed by atoms with E-state index in [9.17, 15) is 4.79 Å². The monoisotopic (exact) mass is 334 g/mol. The third-order valence-electron chi connectivity index (χ3n) is 2.91. The van der Waals surface area contributed by atoms with E-state index in [1.54, 1.807) is 12.1 Å². The van der Waals surface area contributed by atoms with Crippen LogP contribution in [0.25, 0.3) is 0 Å². The molecule has 0 unspecified atom stereocenters. The van der Waals surface area contributed by atoms with E-state index in [4.69, 9.17) is 10.5 Å². The van der Waals surface area contributed by atoms with E-state index in [1.165, 1.54) is 7.11 Å². The average Bonchev–Trinajstić information content (AvgIpc) is 2.43. The quantitative estimate of drug-likeness (QED) is 0.660. The number of benzene rings is 2. The van der Waals surface area contributed by atoms with Crippen molar-refractivity contribution in [1.82, 2.24) is 0 Å². The van der Waals surface area contributed by atoms with Gasteiger partial charge in [-0.2, -0.15) is 0 Å². The van der Waals surface area contributed by atoms with E-state index in [1.807, 2.05) is 31.2 Å². The zero-order valence-corrected chi connectivity index (χ0v) is 12.8. The van der Waals surface area contributed by atoms with E-state index in [0.29, 0.717) is 16.9 Å². The van der Waals surface area contributed by atoms with Gasteiger partial charge in [0.1, 0.15) is 0 Å². The highest BCUT2D eigenvalue weighted by atomic mass is 79.9. The molecule has 3 N–H and O–H groups in total. The lowest BCUT2D eigenvalue weighted by Crippen LogP contribution is -2.07. The van der Waals surface area contributed by atoms with Crippen LogP contribution in [0.1, 0.15) is 15.9 Å². The van der Waals surface area contributed by atoms with Crippen LogP contribution in [0.4, 0.5) is 17.1 Å². The Hall–Kier alpha value is -2.01. The van der Waals surface area contributed by atoms with Crippen molar-refractivity contribution in [2.75, 3.05) is 18.2 Å². The molecule has 4 nitrogen and oxygen atoms in total. The number of aryl methyl sites for hydroxylation is 1. The van der Waals surface area contributed by atoms with Crippen LogP contribution in [-0.4, -0.2) is 13.1 Å². The summed E-state index contributed by atoms with van der Waals surface area (Å²) in [7, 11) is 1.33. The normalized spacial score (nSPS) is 10.2. The summed E-state index contributed by atoms with van der Waals surface area (Å²) < 4.78 is 5.64. The fraction of sp³-hybridized carbons (Fsp3) is 0.133. The largest absolute Gasteiger partial charge is 0.465 e. The molecule has 104 valence electrons. The number of nitrogen functional groups attached to an aromatic ring is 1. The predicted molar refractivity (Wildman–Crippen MR) is 84.4 cm³/mol. The molecule has 0 aliphatic carbocycles. The summed E-state index contributed by atoms with van der Waals surface area (Å²) in [4.78, 5) is 11.6. The molecule has 0 aliphatic rings. The van der Waals surface area contributed by atoms with Gasteiger partial charge in [-0.1, -0.05) is 12.1 Å². The van der Waals surface area contributed by atoms with Gasteiger partial charge >= 0.3 is 5.97 Å². The smallest absolute Gasteiger partial charge is 0.340 e. The van der Waals surface area contributed by atoms with Gasteiger partial charge in [0.15, 0.2) is 0 Å². The second-order valence-electron chi connectivity index (χ2n) is 4.37. The van der Waals surface area contributed by atoms with E-state index in [2.05, 4.69) is 21.2 Å². The van der Waals surface area contributed by atoms with Crippen LogP contribution in [0, 0.1) is 6.92 Å². The van der Waals surface area contributed by atoms with Crippen molar-refractivity contribution in [1.29, 1.82) is 0 Å². The van der Waals surface area contributed by atoms with E-state index in [0.717, 1.165) is 15.7 Å². The Morgan fingerprint density at radius 1 is 1.25 bits per heavy atom. The first-order chi connectivity index (χ1) is 9.52. The van der Waals surface area contributed by atoms with Crippen molar-refractivity contribution in [3.05, 3.63) is 52.0 Å². The Morgan fingerprint density at radius 3 is 2.65 bits per heavy atom. The number of carbonyl (C=O) groups excluding carboxylic acids is 1. The Labute approximate surface area is 126 Å². The number of para-hydroxylation sites is 1. The van der Waals surface area contributed by atoms with Gasteiger partial charge in [-0.25, -0.2) is 4.79 Å². The van der Waals surface area contributed by atoms with Crippen molar-refractivity contribution < 1.29 is 9.53 Å². The molecule has 0 radical (unpaired) electrons. The molecule has 0 spiro atoms. The third kappa shape index (κ3) is 2.93. The first-order valence-corrected chi connectivity index (χ1v) is 6.82. The summed E-state index contributed by atoms with van der Waals surface area (Å²) in [5.41, 5.74) is 9.42. The molecule has 0 aromatic heterocycles. The van der Waals surface area contributed by atoms with Crippen LogP contribution in [0.3, 0.4) is 0 Å². The minimum atomic E-state index is -0.450. The zero-order chi connectivity index (χ0) is 14.7. The summed E-state index contributed by atoms with van der Waals surface area (Å²) in [5.74, 6) is -0.450. The summed E-state index contributed by atoms with van der Waals surface area (Å²) in [6.07, 6.45) is 0. The topological polar surface area (TPSA) is 64.3 Å². The van der Waals surface area contributed by atoms with Gasteiger partial charge in [-0.05, 0) is 52.7 Å². The van der Waals surface area contributed by atoms with Crippen LogP contribution in [0.2, 0.25) is 0 Å². The highest BCUT2D eigenvalue weighted by Crippen LogP contribution is 2.31. The molecule has 0 saturated heterocycles. The van der Waals surface area contributed by atoms with Crippen LogP contribution < -0.4 is 11.1 Å². The van der Waals surface area contributed by atoms with Gasteiger partial charge in [0.2, 0.25) is 0 Å². The molecular weight excluding hydrogens is 320 g/mol. The number of ether oxygens (including phenoxy) is 1. The standard InChI is InChI=1S/C15H15BrN2O2/c1-9-6-7-12(11(16)8-9)18-13-5-3-4-10(14(13)17)15(19)20-2/h3-8,18H,17H2,1-2H3. The molecule has 2 rings (SSSR count). The maximum absolute atomic E-state index is 11.6. The van der Waals surface area contributed by atoms with Gasteiger partial charge in [-0.15, -0.1) is 0 Å². The van der Waals surface area contributed by atoms with Crippen molar-refractivity contribution in [2.24, 2.45) is 0 Å². The lowest BCUT2D eigenvalue weighted by atomic mass is 10.1. The Morgan fingerprint density at radius 2 is 2.00 bits per heavy atom. The summed E-state index contributed by atoms with van der Waals surface area (Å²) in [6, 6.07) is 11.2. The van der Waals surface area contributed by atoms with Gasteiger partial charge in [-0.3, -0.25) is 0 Å². The number of rotatable bonds is 3. The number of nitrogens with two attached hydrogens (primary N) is 1. The van der Waals surface area contributed by atoms with Gasteiger partial charge < -0.3 is 15.8 Å². The van der Waals surface area contributed by atoms with Crippen molar-refractivity contribution >= 4 is 39.0 Å². The van der Waals surface area contributed by atoms with E-state index >= 15 is 0 Å². The molecule has 0 fully saturated rings. The second-order valence-corrected chi connectivity index (χ2v) is 5.22. The molecule has 0 aliphatic heterocycles. The minimum Gasteiger partial charge on any atom is -0.465 e. The molecule has 5 heteroatoms. The van der Waals surface area contributed by atoms with Crippen molar-refractivity contribution in [3.63, 3.8) is 0 Å². The number of methoxy groups -OCH3 is 1. The Balaban J connectivity index is 2.37. The Kier molecular flexibility index (Phi) is 4.29. The molecule has 0 heterocycles. The van der Waals surface area contributed by atoms with Crippen molar-refractivity contribution in [2.45, 2.75) is 6.92 Å². The zero-order valence-electron chi connectivity index (χ0n) is 11.2. The van der Waals surface area contributed by atoms with E-state index < -0.39 is 5.97 Å². The average molecular weight is 335 g/mol. The fourth-order valence-corrected chi connectivity index (χ4v) is 2.42. The number of hydrogen-bond donors (Lipinski definition) is 2. The SMILES string of the molecule is COC(=O)c1cccc(Nc2ccc(C)cc2Br)c1N. The number of halogens is 1. The summed E-state index contributed by atoms with van der Waals surface area (Å²) >= 11 is 3.50. The molecule has 0 atom stereocenters. The highest BCUT2D eigenvalue weighted by molar-refractivity contribution is 9.10. The second kappa shape index (κ2) is 5.96. The minimum absolute atomic E-state index is 0.348. The number of carbonyl (C=O) groups is 1. The van der Waals surface area contributed by atoms with E-state index in [-0.39, 0.29) is 0 Å². The van der Waals surface area contributed by atoms with Gasteiger partial charge in [0.05, 0.1) is 29.7 Å². The van der Waals surface area contributed by atoms with Crippen molar-refractivity contribution in [3.8, 4) is 0 Å². The summed E-state index contributed by atoms with van der Waals surface area (Å²) in [5, 5.41) is 3.21. The van der Waals surface area contributed by atoms with Crippen LogP contribution in [-0.2, 0) is 4.74 Å². The van der Waals surface area contributed by atoms with Gasteiger partial charge in [0.25, 0.3) is 0 Å². The number of nitrogens with one attached hydrogen (secondary N) is 1. The molecule has 0 amide bonds.